The van der Waals surface area contributed by atoms with Crippen LogP contribution in [0, 0.1) is 5.82 Å². The van der Waals surface area contributed by atoms with Crippen LogP contribution < -0.4 is 0 Å². The van der Waals surface area contributed by atoms with Gasteiger partial charge in [0.2, 0.25) is 0 Å². The quantitative estimate of drug-likeness (QED) is 0.567. The van der Waals surface area contributed by atoms with Gasteiger partial charge in [-0.2, -0.15) is 0 Å². The number of hydrogen-bond acceptors (Lipinski definition) is 2. The molecule has 0 aliphatic heterocycles. The molecule has 0 aromatic heterocycles. The van der Waals surface area contributed by atoms with E-state index in [9.17, 15) is 9.18 Å². The zero-order chi connectivity index (χ0) is 12.3. The second-order valence-corrected chi connectivity index (χ2v) is 4.49. The second-order valence-electron chi connectivity index (χ2n) is 4.49. The predicted octanol–water partition coefficient (Wildman–Crippen LogP) is 3.18. The third kappa shape index (κ3) is 3.50. The number of hydrogen-bond donors (Lipinski definition) is 0. The van der Waals surface area contributed by atoms with Crippen molar-refractivity contribution in [1.29, 1.82) is 0 Å². The normalized spacial score (nSPS) is 11.0. The van der Waals surface area contributed by atoms with Gasteiger partial charge in [0.1, 0.15) is 11.4 Å². The lowest BCUT2D eigenvalue weighted by Gasteiger charge is -2.20. The molecule has 0 unspecified atom stereocenters. The molecule has 3 heteroatoms. The molecular weight excluding hydrogens is 207 g/mol. The molecule has 0 aliphatic rings. The van der Waals surface area contributed by atoms with E-state index in [2.05, 4.69) is 6.58 Å². The number of halogens is 1. The van der Waals surface area contributed by atoms with Crippen LogP contribution in [-0.4, -0.2) is 11.6 Å². The van der Waals surface area contributed by atoms with Gasteiger partial charge in [-0.05, 0) is 38.5 Å². The molecule has 1 rings (SSSR count). The van der Waals surface area contributed by atoms with Crippen LogP contribution in [0.3, 0.4) is 0 Å². The molecule has 0 saturated carbocycles. The number of benzene rings is 1. The molecule has 16 heavy (non-hydrogen) atoms. The Morgan fingerprint density at radius 1 is 1.38 bits per heavy atom. The maximum atomic E-state index is 12.9. The lowest BCUT2D eigenvalue weighted by atomic mass is 10.1. The lowest BCUT2D eigenvalue weighted by molar-refractivity contribution is -0.147. The number of ether oxygens (including phenoxy) is 1. The number of carbonyl (C=O) groups is 1. The highest BCUT2D eigenvalue weighted by molar-refractivity contribution is 6.15. The van der Waals surface area contributed by atoms with Crippen LogP contribution in [0.25, 0.3) is 5.57 Å². The van der Waals surface area contributed by atoms with E-state index in [-0.39, 0.29) is 5.57 Å². The zero-order valence-electron chi connectivity index (χ0n) is 9.71. The molecule has 1 aromatic carbocycles. The predicted molar refractivity (Wildman–Crippen MR) is 61.3 cm³/mol. The van der Waals surface area contributed by atoms with E-state index in [1.54, 1.807) is 26.8 Å². The molecule has 0 radical (unpaired) electrons. The smallest absolute Gasteiger partial charge is 0.338 e. The summed E-state index contributed by atoms with van der Waals surface area (Å²) in [7, 11) is 0. The Morgan fingerprint density at radius 2 is 2.00 bits per heavy atom. The van der Waals surface area contributed by atoms with Crippen molar-refractivity contribution < 1.29 is 13.9 Å². The summed E-state index contributed by atoms with van der Waals surface area (Å²) in [5.41, 5.74) is 0.0246. The van der Waals surface area contributed by atoms with Crippen molar-refractivity contribution in [2.45, 2.75) is 26.4 Å². The van der Waals surface area contributed by atoms with Crippen LogP contribution in [0.1, 0.15) is 26.3 Å². The Labute approximate surface area is 94.7 Å². The maximum absolute atomic E-state index is 12.9. The van der Waals surface area contributed by atoms with Gasteiger partial charge in [-0.1, -0.05) is 18.7 Å². The van der Waals surface area contributed by atoms with E-state index in [4.69, 9.17) is 4.74 Å². The van der Waals surface area contributed by atoms with Gasteiger partial charge in [0.25, 0.3) is 0 Å². The van der Waals surface area contributed by atoms with Crippen molar-refractivity contribution in [2.24, 2.45) is 0 Å². The van der Waals surface area contributed by atoms with Crippen molar-refractivity contribution in [2.75, 3.05) is 0 Å². The highest BCUT2D eigenvalue weighted by Crippen LogP contribution is 2.18. The minimum absolute atomic E-state index is 0.162. The minimum atomic E-state index is -0.576. The fourth-order valence-corrected chi connectivity index (χ4v) is 1.13. The van der Waals surface area contributed by atoms with Gasteiger partial charge < -0.3 is 4.74 Å². The largest absolute Gasteiger partial charge is 0.456 e. The summed E-state index contributed by atoms with van der Waals surface area (Å²) in [6.45, 7) is 8.91. The summed E-state index contributed by atoms with van der Waals surface area (Å²) < 4.78 is 18.1. The summed E-state index contributed by atoms with van der Waals surface area (Å²) in [4.78, 5) is 11.6. The highest BCUT2D eigenvalue weighted by atomic mass is 19.1. The standard InChI is InChI=1S/C13H15FO2/c1-9(12(15)16-13(2,3)4)10-6-5-7-11(14)8-10/h5-8H,1H2,2-4H3. The highest BCUT2D eigenvalue weighted by Gasteiger charge is 2.19. The number of rotatable bonds is 2. The SMILES string of the molecule is C=C(C(=O)OC(C)(C)C)c1cccc(F)c1. The van der Waals surface area contributed by atoms with Gasteiger partial charge in [0.15, 0.2) is 0 Å². The van der Waals surface area contributed by atoms with E-state index >= 15 is 0 Å². The Morgan fingerprint density at radius 3 is 2.50 bits per heavy atom. The first-order chi connectivity index (χ1) is 7.29. The summed E-state index contributed by atoms with van der Waals surface area (Å²) in [5, 5.41) is 0. The summed E-state index contributed by atoms with van der Waals surface area (Å²) in [6, 6.07) is 5.72. The molecule has 1 aromatic rings. The Hall–Kier alpha value is -1.64. The van der Waals surface area contributed by atoms with Crippen molar-refractivity contribution in [3.63, 3.8) is 0 Å². The second kappa shape index (κ2) is 4.47. The van der Waals surface area contributed by atoms with Crippen molar-refractivity contribution in [1.82, 2.24) is 0 Å². The molecule has 0 amide bonds. The van der Waals surface area contributed by atoms with Crippen molar-refractivity contribution >= 4 is 11.5 Å². The van der Waals surface area contributed by atoms with Crippen LogP contribution in [-0.2, 0) is 9.53 Å². The lowest BCUT2D eigenvalue weighted by Crippen LogP contribution is -2.24. The molecule has 0 fully saturated rings. The Kier molecular flexibility index (Phi) is 3.48. The molecule has 0 atom stereocenters. The third-order valence-electron chi connectivity index (χ3n) is 1.82. The van der Waals surface area contributed by atoms with E-state index in [0.29, 0.717) is 5.56 Å². The van der Waals surface area contributed by atoms with Crippen LogP contribution in [0.4, 0.5) is 4.39 Å². The fraction of sp³-hybridized carbons (Fsp3) is 0.308. The zero-order valence-corrected chi connectivity index (χ0v) is 9.71. The van der Waals surface area contributed by atoms with Crippen LogP contribution >= 0.6 is 0 Å². The van der Waals surface area contributed by atoms with Crippen LogP contribution in [0.5, 0.6) is 0 Å². The van der Waals surface area contributed by atoms with E-state index in [1.807, 2.05) is 0 Å². The average Bonchev–Trinajstić information content (AvgIpc) is 2.14. The topological polar surface area (TPSA) is 26.3 Å². The van der Waals surface area contributed by atoms with Gasteiger partial charge in [-0.25, -0.2) is 9.18 Å². The molecule has 0 saturated heterocycles. The molecule has 86 valence electrons. The first-order valence-corrected chi connectivity index (χ1v) is 4.98. The van der Waals surface area contributed by atoms with Gasteiger partial charge in [0, 0.05) is 0 Å². The number of esters is 1. The van der Waals surface area contributed by atoms with E-state index in [1.165, 1.54) is 18.2 Å². The van der Waals surface area contributed by atoms with Gasteiger partial charge in [0.05, 0.1) is 5.57 Å². The van der Waals surface area contributed by atoms with E-state index in [0.717, 1.165) is 0 Å². The average molecular weight is 222 g/mol. The van der Waals surface area contributed by atoms with E-state index < -0.39 is 17.4 Å². The maximum Gasteiger partial charge on any atom is 0.338 e. The monoisotopic (exact) mass is 222 g/mol. The molecular formula is C13H15FO2. The summed E-state index contributed by atoms with van der Waals surface area (Å²) in [5.74, 6) is -0.930. The molecule has 0 aliphatic carbocycles. The van der Waals surface area contributed by atoms with Crippen molar-refractivity contribution in [3.05, 3.63) is 42.2 Å². The van der Waals surface area contributed by atoms with Gasteiger partial charge in [-0.15, -0.1) is 0 Å². The summed E-state index contributed by atoms with van der Waals surface area (Å²) >= 11 is 0. The fourth-order valence-electron chi connectivity index (χ4n) is 1.13. The molecule has 0 heterocycles. The molecule has 0 bridgehead atoms. The van der Waals surface area contributed by atoms with Crippen LogP contribution in [0.15, 0.2) is 30.8 Å². The van der Waals surface area contributed by atoms with Crippen molar-refractivity contribution in [3.8, 4) is 0 Å². The van der Waals surface area contributed by atoms with Crippen LogP contribution in [0.2, 0.25) is 0 Å². The first-order valence-electron chi connectivity index (χ1n) is 4.98. The third-order valence-corrected chi connectivity index (χ3v) is 1.82. The minimum Gasteiger partial charge on any atom is -0.456 e. The Bertz CT molecular complexity index is 416. The van der Waals surface area contributed by atoms with Gasteiger partial charge >= 0.3 is 5.97 Å². The molecule has 0 N–H and O–H groups in total. The Balaban J connectivity index is 2.83. The van der Waals surface area contributed by atoms with Gasteiger partial charge in [-0.3, -0.25) is 0 Å². The number of carbonyl (C=O) groups excluding carboxylic acids is 1. The first kappa shape index (κ1) is 12.4. The molecule has 0 spiro atoms. The molecule has 2 nitrogen and oxygen atoms in total. The summed E-state index contributed by atoms with van der Waals surface area (Å²) in [6.07, 6.45) is 0.